The molecule has 180 valence electrons. The lowest BCUT2D eigenvalue weighted by Gasteiger charge is -2.54. The van der Waals surface area contributed by atoms with Gasteiger partial charge < -0.3 is 20.6 Å². The first-order valence-electron chi connectivity index (χ1n) is 11.4. The van der Waals surface area contributed by atoms with Gasteiger partial charge in [0.25, 0.3) is 0 Å². The molecule has 0 amide bonds. The largest absolute Gasteiger partial charge is 0.496 e. The number of ether oxygens (including phenoxy) is 1. The zero-order chi connectivity index (χ0) is 24.3. The van der Waals surface area contributed by atoms with Crippen molar-refractivity contribution in [2.45, 2.75) is 51.1 Å². The van der Waals surface area contributed by atoms with E-state index in [2.05, 4.69) is 14.9 Å². The van der Waals surface area contributed by atoms with Crippen LogP contribution in [0.1, 0.15) is 58.9 Å². The van der Waals surface area contributed by atoms with Crippen molar-refractivity contribution < 1.29 is 23.4 Å². The summed E-state index contributed by atoms with van der Waals surface area (Å²) in [5, 5.41) is 10.3. The van der Waals surface area contributed by atoms with Crippen LogP contribution >= 0.6 is 0 Å². The monoisotopic (exact) mass is 470 g/mol. The standard InChI is InChI=1S/C25H28F2N4O3/c1-14-9-20(34-2)17(15-5-7-29-21(14)15)11-31-8-6-24(12-25(26,27)13-24)10-19(31)16-3-4-18(23(32)33)30-22(16)28/h3-5,7,9,19,29H,6,8,10-13H2,1-2H3,(H2,28,30)(H,32,33). The van der Waals surface area contributed by atoms with Gasteiger partial charge in [0.05, 0.1) is 7.11 Å². The molecule has 0 radical (unpaired) electrons. The maximum Gasteiger partial charge on any atom is 0.354 e. The van der Waals surface area contributed by atoms with Gasteiger partial charge in [-0.25, -0.2) is 18.6 Å². The predicted molar refractivity (Wildman–Crippen MR) is 124 cm³/mol. The fourth-order valence-corrected chi connectivity index (χ4v) is 5.91. The highest BCUT2D eigenvalue weighted by atomic mass is 19.3. The molecule has 3 aromatic rings. The number of aromatic amines is 1. The number of carbonyl (C=O) groups is 1. The van der Waals surface area contributed by atoms with Crippen LogP contribution in [0.15, 0.2) is 30.5 Å². The van der Waals surface area contributed by atoms with Gasteiger partial charge in [0, 0.05) is 53.7 Å². The Bertz CT molecular complexity index is 1260. The number of hydrogen-bond donors (Lipinski definition) is 3. The first kappa shape index (κ1) is 22.6. The Hall–Kier alpha value is -3.20. The Balaban J connectivity index is 1.54. The molecule has 5 rings (SSSR count). The van der Waals surface area contributed by atoms with Crippen LogP contribution in [0.25, 0.3) is 10.9 Å². The van der Waals surface area contributed by atoms with Gasteiger partial charge in [-0.05, 0) is 55.5 Å². The number of alkyl halides is 2. The fourth-order valence-electron chi connectivity index (χ4n) is 5.91. The number of benzene rings is 1. The molecule has 34 heavy (non-hydrogen) atoms. The molecule has 9 heteroatoms. The molecule has 2 aromatic heterocycles. The predicted octanol–water partition coefficient (Wildman–Crippen LogP) is 4.91. The number of aromatic carboxylic acids is 1. The number of hydrogen-bond acceptors (Lipinski definition) is 5. The second-order valence-electron chi connectivity index (χ2n) is 9.77. The topological polar surface area (TPSA) is 104 Å². The third kappa shape index (κ3) is 3.77. The third-order valence-corrected chi connectivity index (χ3v) is 7.49. The van der Waals surface area contributed by atoms with E-state index in [0.29, 0.717) is 31.5 Å². The van der Waals surface area contributed by atoms with Crippen LogP contribution in [-0.4, -0.2) is 45.5 Å². The number of H-pyrrole nitrogens is 1. The van der Waals surface area contributed by atoms with Crippen LogP contribution in [0.2, 0.25) is 0 Å². The maximum absolute atomic E-state index is 13.9. The number of anilines is 1. The number of aryl methyl sites for hydroxylation is 1. The minimum absolute atomic E-state index is 0.124. The number of carboxylic acids is 1. The number of piperidine rings is 1. The highest BCUT2D eigenvalue weighted by Crippen LogP contribution is 2.60. The van der Waals surface area contributed by atoms with E-state index in [-0.39, 0.29) is 30.4 Å². The van der Waals surface area contributed by atoms with Crippen LogP contribution in [-0.2, 0) is 6.54 Å². The molecule has 1 atom stereocenters. The van der Waals surface area contributed by atoms with Crippen LogP contribution < -0.4 is 10.5 Å². The summed E-state index contributed by atoms with van der Waals surface area (Å²) in [6.07, 6.45) is 2.84. The van der Waals surface area contributed by atoms with Gasteiger partial charge in [0.1, 0.15) is 11.6 Å². The Labute approximate surface area is 195 Å². The van der Waals surface area contributed by atoms with Crippen molar-refractivity contribution in [2.75, 3.05) is 19.4 Å². The molecule has 7 nitrogen and oxygen atoms in total. The number of aromatic nitrogens is 2. The SMILES string of the molecule is COc1cc(C)c2[nH]ccc2c1CN1CCC2(CC1c1ccc(C(=O)O)nc1N)CC(F)(F)C2. The molecule has 1 aromatic carbocycles. The average Bonchev–Trinajstić information content (AvgIpc) is 3.26. The Morgan fingerprint density at radius 1 is 1.35 bits per heavy atom. The van der Waals surface area contributed by atoms with Gasteiger partial charge in [-0.3, -0.25) is 4.90 Å². The molecule has 2 aliphatic rings. The molecule has 1 saturated carbocycles. The van der Waals surface area contributed by atoms with Crippen molar-refractivity contribution in [2.24, 2.45) is 5.41 Å². The fraction of sp³-hybridized carbons (Fsp3) is 0.440. The number of methoxy groups -OCH3 is 1. The molecular formula is C25H28F2N4O3. The van der Waals surface area contributed by atoms with E-state index in [1.165, 1.54) is 6.07 Å². The highest BCUT2D eigenvalue weighted by Gasteiger charge is 2.58. The summed E-state index contributed by atoms with van der Waals surface area (Å²) in [7, 11) is 1.64. The first-order valence-corrected chi connectivity index (χ1v) is 11.4. The van der Waals surface area contributed by atoms with Gasteiger partial charge in [-0.1, -0.05) is 6.07 Å². The number of nitrogens with one attached hydrogen (secondary N) is 1. The number of carboxylic acid groups (broad SMARTS) is 1. The summed E-state index contributed by atoms with van der Waals surface area (Å²) in [5.41, 5.74) is 9.44. The molecule has 1 aliphatic heterocycles. The number of pyridine rings is 1. The quantitative estimate of drug-likeness (QED) is 0.489. The molecule has 4 N–H and O–H groups in total. The van der Waals surface area contributed by atoms with Crippen molar-refractivity contribution in [3.05, 3.63) is 52.8 Å². The molecule has 1 unspecified atom stereocenters. The average molecular weight is 471 g/mol. The van der Waals surface area contributed by atoms with E-state index >= 15 is 0 Å². The van der Waals surface area contributed by atoms with Gasteiger partial charge in [0.2, 0.25) is 5.92 Å². The molecule has 1 aliphatic carbocycles. The van der Waals surface area contributed by atoms with E-state index in [9.17, 15) is 18.7 Å². The molecule has 3 heterocycles. The number of nitrogens with two attached hydrogens (primary N) is 1. The van der Waals surface area contributed by atoms with E-state index in [1.807, 2.05) is 25.3 Å². The lowest BCUT2D eigenvalue weighted by molar-refractivity contribution is -0.186. The van der Waals surface area contributed by atoms with Crippen molar-refractivity contribution in [1.82, 2.24) is 14.9 Å². The second-order valence-corrected chi connectivity index (χ2v) is 9.77. The number of rotatable bonds is 5. The van der Waals surface area contributed by atoms with E-state index < -0.39 is 17.3 Å². The van der Waals surface area contributed by atoms with Gasteiger partial charge in [-0.2, -0.15) is 0 Å². The van der Waals surface area contributed by atoms with Gasteiger partial charge in [0.15, 0.2) is 5.69 Å². The van der Waals surface area contributed by atoms with Crippen molar-refractivity contribution >= 4 is 22.7 Å². The van der Waals surface area contributed by atoms with Crippen molar-refractivity contribution in [3.8, 4) is 5.75 Å². The van der Waals surface area contributed by atoms with Crippen LogP contribution in [0.3, 0.4) is 0 Å². The normalized spacial score (nSPS) is 21.5. The van der Waals surface area contributed by atoms with E-state index in [0.717, 1.165) is 27.8 Å². The molecule has 1 saturated heterocycles. The van der Waals surface area contributed by atoms with Gasteiger partial charge in [-0.15, -0.1) is 0 Å². The highest BCUT2D eigenvalue weighted by molar-refractivity contribution is 5.88. The smallest absolute Gasteiger partial charge is 0.354 e. The third-order valence-electron chi connectivity index (χ3n) is 7.49. The van der Waals surface area contributed by atoms with Crippen molar-refractivity contribution in [3.63, 3.8) is 0 Å². The second kappa shape index (κ2) is 7.94. The zero-order valence-corrected chi connectivity index (χ0v) is 19.2. The molecule has 1 spiro atoms. The van der Waals surface area contributed by atoms with E-state index in [4.69, 9.17) is 10.5 Å². The zero-order valence-electron chi connectivity index (χ0n) is 19.2. The summed E-state index contributed by atoms with van der Waals surface area (Å²) in [4.78, 5) is 20.9. The summed E-state index contributed by atoms with van der Waals surface area (Å²) in [6, 6.07) is 6.86. The Morgan fingerprint density at radius 3 is 2.76 bits per heavy atom. The first-order chi connectivity index (χ1) is 16.1. The lowest BCUT2D eigenvalue weighted by Crippen LogP contribution is -2.53. The summed E-state index contributed by atoms with van der Waals surface area (Å²) < 4.78 is 33.5. The number of halogens is 2. The Morgan fingerprint density at radius 2 is 2.12 bits per heavy atom. The minimum Gasteiger partial charge on any atom is -0.496 e. The lowest BCUT2D eigenvalue weighted by atomic mass is 9.59. The summed E-state index contributed by atoms with van der Waals surface area (Å²) in [6.45, 7) is 3.17. The minimum atomic E-state index is -2.62. The van der Waals surface area contributed by atoms with Crippen LogP contribution in [0.4, 0.5) is 14.6 Å². The van der Waals surface area contributed by atoms with Crippen molar-refractivity contribution in [1.29, 1.82) is 0 Å². The number of likely N-dealkylation sites (tertiary alicyclic amines) is 1. The maximum atomic E-state index is 13.9. The number of fused-ring (bicyclic) bond motifs is 1. The van der Waals surface area contributed by atoms with Crippen LogP contribution in [0.5, 0.6) is 5.75 Å². The Kier molecular flexibility index (Phi) is 5.27. The molecule has 0 bridgehead atoms. The number of nitrogens with zero attached hydrogens (tertiary/aromatic N) is 2. The van der Waals surface area contributed by atoms with Crippen LogP contribution in [0, 0.1) is 12.3 Å². The molecule has 2 fully saturated rings. The van der Waals surface area contributed by atoms with Gasteiger partial charge >= 0.3 is 5.97 Å². The molecular weight excluding hydrogens is 442 g/mol. The van der Waals surface area contributed by atoms with E-state index in [1.54, 1.807) is 13.2 Å². The number of nitrogen functional groups attached to an aromatic ring is 1. The summed E-state index contributed by atoms with van der Waals surface area (Å²) in [5.74, 6) is -2.89. The summed E-state index contributed by atoms with van der Waals surface area (Å²) >= 11 is 0.